The molecule has 0 radical (unpaired) electrons. The van der Waals surface area contributed by atoms with Crippen LogP contribution in [0.4, 0.5) is 5.69 Å². The average molecular weight is 405 g/mol. The zero-order valence-electron chi connectivity index (χ0n) is 17.4. The van der Waals surface area contributed by atoms with Crippen molar-refractivity contribution in [1.29, 1.82) is 0 Å². The fourth-order valence-electron chi connectivity index (χ4n) is 5.73. The summed E-state index contributed by atoms with van der Waals surface area (Å²) in [5.74, 6) is 0.0734. The number of carbonyl (C=O) groups is 2. The van der Waals surface area contributed by atoms with Crippen molar-refractivity contribution < 1.29 is 9.59 Å². The van der Waals surface area contributed by atoms with Gasteiger partial charge in [0.05, 0.1) is 12.6 Å². The van der Waals surface area contributed by atoms with Crippen molar-refractivity contribution in [1.82, 2.24) is 14.8 Å². The lowest BCUT2D eigenvalue weighted by Crippen LogP contribution is -2.46. The fraction of sp³-hybridized carbons (Fsp3) is 0.458. The number of likely N-dealkylation sites (N-methyl/N-ethyl adjacent to an activating group) is 1. The van der Waals surface area contributed by atoms with Gasteiger partial charge in [-0.3, -0.25) is 19.5 Å². The summed E-state index contributed by atoms with van der Waals surface area (Å²) in [6.45, 7) is 0.958. The van der Waals surface area contributed by atoms with Crippen LogP contribution in [0.1, 0.15) is 49.3 Å². The van der Waals surface area contributed by atoms with Crippen molar-refractivity contribution in [3.05, 3.63) is 59.9 Å². The minimum atomic E-state index is -0.763. The monoisotopic (exact) mass is 404 g/mol. The van der Waals surface area contributed by atoms with E-state index in [1.807, 2.05) is 41.3 Å². The molecule has 0 bridgehead atoms. The highest BCUT2D eigenvalue weighted by atomic mass is 16.2. The molecule has 1 spiro atoms. The smallest absolute Gasteiger partial charge is 0.237 e. The Morgan fingerprint density at radius 3 is 2.80 bits per heavy atom. The molecule has 3 heterocycles. The standard InChI is InChI=1S/C24H28N4O2/c1-27(18-8-2-3-9-18)16-21(29)28-14-12-24(22(28)17-7-6-13-25-15-17)19-10-4-5-11-20(19)26-23(24)30/h4-7,10-11,13,15,18,22H,2-3,8-9,12,14,16H2,1H3,(H,26,30). The molecule has 1 saturated heterocycles. The number of amides is 2. The van der Waals surface area contributed by atoms with Crippen LogP contribution in [0.15, 0.2) is 48.8 Å². The number of anilines is 1. The number of nitrogens with one attached hydrogen (secondary N) is 1. The first kappa shape index (κ1) is 19.2. The molecule has 3 aliphatic rings. The number of fused-ring (bicyclic) bond motifs is 2. The van der Waals surface area contributed by atoms with Gasteiger partial charge in [-0.05, 0) is 49.6 Å². The Hall–Kier alpha value is -2.73. The third kappa shape index (κ3) is 2.93. The number of nitrogens with zero attached hydrogens (tertiary/aromatic N) is 3. The Morgan fingerprint density at radius 2 is 2.03 bits per heavy atom. The van der Waals surface area contributed by atoms with Gasteiger partial charge in [-0.1, -0.05) is 37.1 Å². The Morgan fingerprint density at radius 1 is 1.23 bits per heavy atom. The van der Waals surface area contributed by atoms with Gasteiger partial charge < -0.3 is 10.2 Å². The molecule has 2 amide bonds. The van der Waals surface area contributed by atoms with Crippen LogP contribution < -0.4 is 5.32 Å². The Bertz CT molecular complexity index is 957. The van der Waals surface area contributed by atoms with E-state index in [1.54, 1.807) is 12.4 Å². The van der Waals surface area contributed by atoms with Crippen molar-refractivity contribution in [2.75, 3.05) is 25.5 Å². The molecule has 2 fully saturated rings. The molecule has 1 aromatic heterocycles. The number of pyridine rings is 1. The summed E-state index contributed by atoms with van der Waals surface area (Å²) in [6.07, 6.45) is 8.96. The van der Waals surface area contributed by atoms with E-state index in [0.29, 0.717) is 25.6 Å². The highest BCUT2D eigenvalue weighted by molar-refractivity contribution is 6.07. The molecule has 5 rings (SSSR count). The molecule has 1 N–H and O–H groups in total. The van der Waals surface area contributed by atoms with Crippen LogP contribution in [-0.2, 0) is 15.0 Å². The number of rotatable bonds is 4. The highest BCUT2D eigenvalue weighted by Gasteiger charge is 2.59. The van der Waals surface area contributed by atoms with Crippen LogP contribution >= 0.6 is 0 Å². The van der Waals surface area contributed by atoms with Gasteiger partial charge in [0.1, 0.15) is 5.41 Å². The number of aromatic nitrogens is 1. The number of hydrogen-bond acceptors (Lipinski definition) is 4. The average Bonchev–Trinajstić information content (AvgIpc) is 3.49. The molecular formula is C24H28N4O2. The lowest BCUT2D eigenvalue weighted by atomic mass is 9.73. The summed E-state index contributed by atoms with van der Waals surface area (Å²) in [7, 11) is 2.05. The Balaban J connectivity index is 1.51. The first-order chi connectivity index (χ1) is 14.6. The van der Waals surface area contributed by atoms with E-state index in [0.717, 1.165) is 29.7 Å². The molecule has 30 heavy (non-hydrogen) atoms. The van der Waals surface area contributed by atoms with Crippen molar-refractivity contribution in [2.45, 2.75) is 49.6 Å². The lowest BCUT2D eigenvalue weighted by molar-refractivity contribution is -0.134. The third-order valence-electron chi connectivity index (χ3n) is 7.24. The van der Waals surface area contributed by atoms with Gasteiger partial charge in [-0.25, -0.2) is 0 Å². The van der Waals surface area contributed by atoms with E-state index in [-0.39, 0.29) is 17.9 Å². The summed E-state index contributed by atoms with van der Waals surface area (Å²) in [5, 5.41) is 3.07. The molecular weight excluding hydrogens is 376 g/mol. The zero-order valence-corrected chi connectivity index (χ0v) is 17.4. The van der Waals surface area contributed by atoms with Gasteiger partial charge in [-0.2, -0.15) is 0 Å². The molecule has 2 aliphatic heterocycles. The third-order valence-corrected chi connectivity index (χ3v) is 7.24. The number of hydrogen-bond donors (Lipinski definition) is 1. The minimum absolute atomic E-state index is 0.0167. The van der Waals surface area contributed by atoms with Gasteiger partial charge in [0.25, 0.3) is 0 Å². The van der Waals surface area contributed by atoms with Gasteiger partial charge in [0.2, 0.25) is 11.8 Å². The van der Waals surface area contributed by atoms with Crippen molar-refractivity contribution in [3.8, 4) is 0 Å². The van der Waals surface area contributed by atoms with Crippen LogP contribution in [0.25, 0.3) is 0 Å². The first-order valence-corrected chi connectivity index (χ1v) is 10.9. The summed E-state index contributed by atoms with van der Waals surface area (Å²) >= 11 is 0. The summed E-state index contributed by atoms with van der Waals surface area (Å²) < 4.78 is 0. The second kappa shape index (κ2) is 7.51. The highest BCUT2D eigenvalue weighted by Crippen LogP contribution is 2.54. The number of benzene rings is 1. The van der Waals surface area contributed by atoms with Gasteiger partial charge in [0.15, 0.2) is 0 Å². The lowest BCUT2D eigenvalue weighted by Gasteiger charge is -2.35. The maximum Gasteiger partial charge on any atom is 0.237 e. The van der Waals surface area contributed by atoms with E-state index in [9.17, 15) is 9.59 Å². The van der Waals surface area contributed by atoms with E-state index in [2.05, 4.69) is 22.2 Å². The molecule has 1 aliphatic carbocycles. The molecule has 2 unspecified atom stereocenters. The van der Waals surface area contributed by atoms with Gasteiger partial charge in [-0.15, -0.1) is 0 Å². The largest absolute Gasteiger partial charge is 0.333 e. The molecule has 6 heteroatoms. The zero-order chi connectivity index (χ0) is 20.7. The number of para-hydroxylation sites is 1. The second-order valence-corrected chi connectivity index (χ2v) is 8.85. The van der Waals surface area contributed by atoms with E-state index < -0.39 is 5.41 Å². The number of carbonyl (C=O) groups excluding carboxylic acids is 2. The maximum atomic E-state index is 13.5. The molecule has 6 nitrogen and oxygen atoms in total. The predicted octanol–water partition coefficient (Wildman–Crippen LogP) is 3.12. The van der Waals surface area contributed by atoms with Crippen LogP contribution in [0.3, 0.4) is 0 Å². The normalized spacial score (nSPS) is 25.9. The molecule has 1 aromatic carbocycles. The van der Waals surface area contributed by atoms with Gasteiger partial charge >= 0.3 is 0 Å². The molecule has 2 aromatic rings. The van der Waals surface area contributed by atoms with Crippen molar-refractivity contribution in [2.24, 2.45) is 0 Å². The summed E-state index contributed by atoms with van der Waals surface area (Å²) in [5.41, 5.74) is 2.00. The topological polar surface area (TPSA) is 65.5 Å². The van der Waals surface area contributed by atoms with Gasteiger partial charge in [0, 0.05) is 30.7 Å². The van der Waals surface area contributed by atoms with E-state index >= 15 is 0 Å². The van der Waals surface area contributed by atoms with Crippen LogP contribution in [-0.4, -0.2) is 52.8 Å². The SMILES string of the molecule is CN(CC(=O)N1CCC2(C(=O)Nc3ccccc32)C1c1cccnc1)C1CCCC1. The summed E-state index contributed by atoms with van der Waals surface area (Å²) in [6, 6.07) is 11.9. The predicted molar refractivity (Wildman–Crippen MR) is 115 cm³/mol. The first-order valence-electron chi connectivity index (χ1n) is 10.9. The maximum absolute atomic E-state index is 13.5. The number of likely N-dealkylation sites (tertiary alicyclic amines) is 1. The second-order valence-electron chi connectivity index (χ2n) is 8.85. The van der Waals surface area contributed by atoms with Crippen LogP contribution in [0.2, 0.25) is 0 Å². The van der Waals surface area contributed by atoms with E-state index in [1.165, 1.54) is 12.8 Å². The quantitative estimate of drug-likeness (QED) is 0.850. The Kier molecular flexibility index (Phi) is 4.82. The molecule has 2 atom stereocenters. The minimum Gasteiger partial charge on any atom is -0.333 e. The van der Waals surface area contributed by atoms with Crippen molar-refractivity contribution in [3.63, 3.8) is 0 Å². The summed E-state index contributed by atoms with van der Waals surface area (Å²) in [4.78, 5) is 35.3. The fourth-order valence-corrected chi connectivity index (χ4v) is 5.73. The molecule has 1 saturated carbocycles. The van der Waals surface area contributed by atoms with Crippen molar-refractivity contribution >= 4 is 17.5 Å². The van der Waals surface area contributed by atoms with E-state index in [4.69, 9.17) is 0 Å². The van der Waals surface area contributed by atoms with Crippen LogP contribution in [0.5, 0.6) is 0 Å². The molecule has 156 valence electrons. The Labute approximate surface area is 177 Å². The van der Waals surface area contributed by atoms with Crippen LogP contribution in [0, 0.1) is 0 Å².